The van der Waals surface area contributed by atoms with Gasteiger partial charge in [-0.25, -0.2) is 9.59 Å². The number of nitrogens with zero attached hydrogens (tertiary/aromatic N) is 2. The molecule has 1 atom stereocenters. The Bertz CT molecular complexity index is 938. The number of ether oxygens (including phenoxy) is 4. The number of allylic oxidation sites excluding steroid dienone is 2. The Morgan fingerprint density at radius 1 is 1.06 bits per heavy atom. The fraction of sp³-hybridized carbons (Fsp3) is 0.455. The third kappa shape index (κ3) is 5.57. The van der Waals surface area contributed by atoms with Gasteiger partial charge in [-0.05, 0) is 33.8 Å². The highest BCUT2D eigenvalue weighted by Gasteiger charge is 2.35. The first-order valence-corrected chi connectivity index (χ1v) is 10.2. The Morgan fingerprint density at radius 2 is 1.62 bits per heavy atom. The van der Waals surface area contributed by atoms with Crippen LogP contribution in [0.25, 0.3) is 5.57 Å². The van der Waals surface area contributed by atoms with Crippen molar-refractivity contribution in [1.29, 1.82) is 0 Å². The molecule has 0 spiro atoms. The lowest BCUT2D eigenvalue weighted by Gasteiger charge is -2.37. The van der Waals surface area contributed by atoms with E-state index in [2.05, 4.69) is 0 Å². The SMILES string of the molecule is CCOC(=O)COC1=C(C)N(C)C(C)C(OCC(=O)OCC)=C1c1ccccc1[N+](=O)[O-]. The Labute approximate surface area is 186 Å². The fourth-order valence-electron chi connectivity index (χ4n) is 3.27. The van der Waals surface area contributed by atoms with Crippen LogP contribution in [0.15, 0.2) is 41.5 Å². The normalized spacial score (nSPS) is 16.0. The Hall–Kier alpha value is -3.56. The molecule has 0 fully saturated rings. The average Bonchev–Trinajstić information content (AvgIpc) is 2.76. The predicted molar refractivity (Wildman–Crippen MR) is 115 cm³/mol. The van der Waals surface area contributed by atoms with Gasteiger partial charge in [-0.1, -0.05) is 12.1 Å². The van der Waals surface area contributed by atoms with Gasteiger partial charge < -0.3 is 23.8 Å². The third-order valence-corrected chi connectivity index (χ3v) is 4.95. The summed E-state index contributed by atoms with van der Waals surface area (Å²) in [4.78, 5) is 36.9. The Balaban J connectivity index is 2.63. The number of para-hydroxylation sites is 1. The van der Waals surface area contributed by atoms with Crippen molar-refractivity contribution in [1.82, 2.24) is 4.90 Å². The van der Waals surface area contributed by atoms with Gasteiger partial charge in [0.2, 0.25) is 0 Å². The number of nitro benzene ring substituents is 1. The quantitative estimate of drug-likeness (QED) is 0.302. The van der Waals surface area contributed by atoms with Crippen molar-refractivity contribution >= 4 is 23.2 Å². The van der Waals surface area contributed by atoms with E-state index in [9.17, 15) is 19.7 Å². The van der Waals surface area contributed by atoms with E-state index in [1.54, 1.807) is 46.0 Å². The molecule has 0 saturated carbocycles. The van der Waals surface area contributed by atoms with Crippen molar-refractivity contribution in [3.05, 3.63) is 57.2 Å². The maximum absolute atomic E-state index is 11.9. The van der Waals surface area contributed by atoms with Crippen LogP contribution in [-0.2, 0) is 28.5 Å². The molecule has 32 heavy (non-hydrogen) atoms. The highest BCUT2D eigenvalue weighted by atomic mass is 16.6. The summed E-state index contributed by atoms with van der Waals surface area (Å²) in [6, 6.07) is 5.76. The topological polar surface area (TPSA) is 117 Å². The van der Waals surface area contributed by atoms with Crippen LogP contribution in [0, 0.1) is 10.1 Å². The molecule has 2 rings (SSSR count). The molecule has 0 bridgehead atoms. The number of carbonyl (C=O) groups is 2. The molecule has 0 amide bonds. The van der Waals surface area contributed by atoms with Crippen molar-refractivity contribution in [3.8, 4) is 0 Å². The molecular formula is C22H28N2O8. The summed E-state index contributed by atoms with van der Waals surface area (Å²) in [5.74, 6) is -0.631. The van der Waals surface area contributed by atoms with E-state index in [-0.39, 0.29) is 42.9 Å². The highest BCUT2D eigenvalue weighted by Crippen LogP contribution is 2.41. The fourth-order valence-corrected chi connectivity index (χ4v) is 3.27. The minimum atomic E-state index is -0.579. The molecule has 1 aliphatic heterocycles. The predicted octanol–water partition coefficient (Wildman–Crippen LogP) is 3.03. The minimum absolute atomic E-state index is 0.165. The molecule has 1 aromatic carbocycles. The number of hydrogen-bond donors (Lipinski definition) is 0. The van der Waals surface area contributed by atoms with Crippen molar-refractivity contribution in [2.75, 3.05) is 33.5 Å². The van der Waals surface area contributed by atoms with Crippen molar-refractivity contribution in [3.63, 3.8) is 0 Å². The number of carbonyl (C=O) groups excluding carboxylic acids is 2. The molecule has 0 aromatic heterocycles. The standard InChI is InChI=1S/C22H28N2O8/c1-6-29-18(25)12-31-21-14(3)23(5)15(4)22(32-13-19(26)30-7-2)20(21)16-10-8-9-11-17(16)24(27)28/h8-11,14H,6-7,12-13H2,1-5H3. The molecule has 174 valence electrons. The molecule has 10 nitrogen and oxygen atoms in total. The van der Waals surface area contributed by atoms with Crippen LogP contribution >= 0.6 is 0 Å². The molecule has 0 aliphatic carbocycles. The molecular weight excluding hydrogens is 420 g/mol. The maximum atomic E-state index is 11.9. The number of esters is 2. The van der Waals surface area contributed by atoms with Gasteiger partial charge in [0, 0.05) is 13.1 Å². The van der Waals surface area contributed by atoms with Gasteiger partial charge in [0.05, 0.1) is 41.0 Å². The Kier molecular flexibility index (Phi) is 8.62. The van der Waals surface area contributed by atoms with Crippen LogP contribution in [0.3, 0.4) is 0 Å². The van der Waals surface area contributed by atoms with Gasteiger partial charge in [-0.2, -0.15) is 0 Å². The smallest absolute Gasteiger partial charge is 0.344 e. The van der Waals surface area contributed by atoms with E-state index in [0.717, 1.165) is 0 Å². The second-order valence-electron chi connectivity index (χ2n) is 6.90. The van der Waals surface area contributed by atoms with Crippen LogP contribution in [0.4, 0.5) is 5.69 Å². The van der Waals surface area contributed by atoms with E-state index in [0.29, 0.717) is 17.0 Å². The number of hydrogen-bond acceptors (Lipinski definition) is 9. The first-order valence-electron chi connectivity index (χ1n) is 10.2. The zero-order valence-electron chi connectivity index (χ0n) is 18.9. The third-order valence-electron chi connectivity index (χ3n) is 4.95. The first-order chi connectivity index (χ1) is 15.2. The zero-order valence-corrected chi connectivity index (χ0v) is 18.9. The van der Waals surface area contributed by atoms with Crippen LogP contribution in [0.1, 0.15) is 33.3 Å². The van der Waals surface area contributed by atoms with Crippen LogP contribution in [0.5, 0.6) is 0 Å². The molecule has 0 saturated heterocycles. The largest absolute Gasteiger partial charge is 0.483 e. The maximum Gasteiger partial charge on any atom is 0.344 e. The van der Waals surface area contributed by atoms with Gasteiger partial charge in [-0.15, -0.1) is 0 Å². The zero-order chi connectivity index (χ0) is 23.8. The van der Waals surface area contributed by atoms with Crippen LogP contribution in [0.2, 0.25) is 0 Å². The second-order valence-corrected chi connectivity index (χ2v) is 6.90. The number of likely N-dealkylation sites (N-methyl/N-ethyl adjacent to an activating group) is 1. The molecule has 1 aliphatic rings. The first kappa shape index (κ1) is 24.7. The molecule has 1 heterocycles. The lowest BCUT2D eigenvalue weighted by molar-refractivity contribution is -0.385. The Morgan fingerprint density at radius 3 is 2.19 bits per heavy atom. The summed E-state index contributed by atoms with van der Waals surface area (Å²) in [6.07, 6.45) is 0. The van der Waals surface area contributed by atoms with E-state index >= 15 is 0 Å². The lowest BCUT2D eigenvalue weighted by atomic mass is 9.93. The molecule has 1 aromatic rings. The van der Waals surface area contributed by atoms with Crippen LogP contribution in [-0.4, -0.2) is 61.3 Å². The van der Waals surface area contributed by atoms with Crippen LogP contribution < -0.4 is 0 Å². The van der Waals surface area contributed by atoms with Crippen molar-refractivity contribution in [2.24, 2.45) is 0 Å². The van der Waals surface area contributed by atoms with Gasteiger partial charge in [0.25, 0.3) is 5.69 Å². The monoisotopic (exact) mass is 448 g/mol. The molecule has 1 unspecified atom stereocenters. The highest BCUT2D eigenvalue weighted by molar-refractivity contribution is 5.86. The number of nitro groups is 1. The number of benzene rings is 1. The molecule has 0 N–H and O–H groups in total. The second kappa shape index (κ2) is 11.2. The molecule has 10 heteroatoms. The van der Waals surface area contributed by atoms with Gasteiger partial charge in [0.15, 0.2) is 19.0 Å². The van der Waals surface area contributed by atoms with Gasteiger partial charge in [-0.3, -0.25) is 10.1 Å². The van der Waals surface area contributed by atoms with E-state index in [1.807, 2.05) is 11.8 Å². The van der Waals surface area contributed by atoms with Crippen molar-refractivity contribution in [2.45, 2.75) is 33.7 Å². The average molecular weight is 448 g/mol. The lowest BCUT2D eigenvalue weighted by Crippen LogP contribution is -2.36. The van der Waals surface area contributed by atoms with E-state index in [1.165, 1.54) is 6.07 Å². The summed E-state index contributed by atoms with van der Waals surface area (Å²) >= 11 is 0. The van der Waals surface area contributed by atoms with Gasteiger partial charge >= 0.3 is 11.9 Å². The van der Waals surface area contributed by atoms with Gasteiger partial charge in [0.1, 0.15) is 5.76 Å². The summed E-state index contributed by atoms with van der Waals surface area (Å²) < 4.78 is 21.5. The minimum Gasteiger partial charge on any atom is -0.483 e. The van der Waals surface area contributed by atoms with E-state index < -0.39 is 23.5 Å². The van der Waals surface area contributed by atoms with Crippen molar-refractivity contribution < 1.29 is 33.5 Å². The summed E-state index contributed by atoms with van der Waals surface area (Å²) in [6.45, 7) is 6.58. The van der Waals surface area contributed by atoms with E-state index in [4.69, 9.17) is 18.9 Å². The summed E-state index contributed by atoms with van der Waals surface area (Å²) in [5, 5.41) is 11.7. The summed E-state index contributed by atoms with van der Waals surface area (Å²) in [7, 11) is 1.79. The summed E-state index contributed by atoms with van der Waals surface area (Å²) in [5.41, 5.74) is 1.02. The number of rotatable bonds is 10. The molecule has 0 radical (unpaired) electrons.